The van der Waals surface area contributed by atoms with E-state index < -0.39 is 12.4 Å². The molecule has 0 atom stereocenters. The van der Waals surface area contributed by atoms with Gasteiger partial charge in [-0.15, -0.1) is 0 Å². The fraction of sp³-hybridized carbons (Fsp3) is 0. The van der Waals surface area contributed by atoms with Crippen molar-refractivity contribution in [1.82, 2.24) is 4.98 Å². The van der Waals surface area contributed by atoms with E-state index in [1.165, 1.54) is 0 Å². The summed E-state index contributed by atoms with van der Waals surface area (Å²) < 4.78 is 36.1. The van der Waals surface area contributed by atoms with Crippen molar-refractivity contribution in [2.45, 2.75) is 0 Å². The molecule has 62 valence electrons. The lowest BCUT2D eigenvalue weighted by Crippen LogP contribution is -2.34. The Hall–Kier alpha value is -1.51. The van der Waals surface area contributed by atoms with E-state index in [-0.39, 0.29) is 5.56 Å². The van der Waals surface area contributed by atoms with Gasteiger partial charge in [-0.05, 0) is 0 Å². The van der Waals surface area contributed by atoms with Crippen molar-refractivity contribution in [1.29, 1.82) is 5.26 Å². The molecule has 2 nitrogen and oxygen atoms in total. The van der Waals surface area contributed by atoms with Crippen LogP contribution in [-0.2, 0) is 0 Å². The molecule has 0 aliphatic heterocycles. The Morgan fingerprint density at radius 2 is 2.00 bits per heavy atom. The molecule has 6 heteroatoms. The summed E-state index contributed by atoms with van der Waals surface area (Å²) in [5.41, 5.74) is -0.916. The van der Waals surface area contributed by atoms with Crippen molar-refractivity contribution in [2.24, 2.45) is 0 Å². The molecule has 0 aliphatic rings. The van der Waals surface area contributed by atoms with Crippen molar-refractivity contribution < 1.29 is 12.9 Å². The second kappa shape index (κ2) is 2.85. The van der Waals surface area contributed by atoms with Crippen LogP contribution in [-0.4, -0.2) is 12.0 Å². The van der Waals surface area contributed by atoms with Crippen LogP contribution in [0.4, 0.5) is 12.9 Å². The lowest BCUT2D eigenvalue weighted by atomic mass is 9.81. The Labute approximate surface area is 66.7 Å². The Kier molecular flexibility index (Phi) is 2.04. The summed E-state index contributed by atoms with van der Waals surface area (Å²) in [6.45, 7) is -5.04. The molecular formula is C6H3BF3N2-. The van der Waals surface area contributed by atoms with E-state index >= 15 is 0 Å². The van der Waals surface area contributed by atoms with Crippen LogP contribution in [0.15, 0.2) is 18.5 Å². The van der Waals surface area contributed by atoms with Gasteiger partial charge in [0.15, 0.2) is 0 Å². The molecule has 1 aromatic rings. The predicted molar refractivity (Wildman–Crippen MR) is 37.7 cm³/mol. The van der Waals surface area contributed by atoms with E-state index in [1.807, 2.05) is 0 Å². The molecule has 1 heterocycles. The number of rotatable bonds is 1. The zero-order valence-corrected chi connectivity index (χ0v) is 5.84. The molecule has 0 spiro atoms. The minimum absolute atomic E-state index is 0.0771. The number of halogens is 3. The Morgan fingerprint density at radius 3 is 2.50 bits per heavy atom. The Bertz CT molecular complexity index is 328. The van der Waals surface area contributed by atoms with E-state index in [1.54, 1.807) is 6.07 Å². The topological polar surface area (TPSA) is 36.7 Å². The molecule has 0 unspecified atom stereocenters. The maximum absolute atomic E-state index is 12.0. The molecule has 0 radical (unpaired) electrons. The number of hydrogen-bond acceptors (Lipinski definition) is 2. The van der Waals surface area contributed by atoms with E-state index in [0.717, 1.165) is 12.3 Å². The van der Waals surface area contributed by atoms with Crippen LogP contribution in [0.2, 0.25) is 0 Å². The average Bonchev–Trinajstić information content (AvgIpc) is 2.03. The van der Waals surface area contributed by atoms with Gasteiger partial charge >= 0.3 is 6.98 Å². The molecule has 1 rings (SSSR count). The van der Waals surface area contributed by atoms with Crippen LogP contribution in [0, 0.1) is 11.3 Å². The highest BCUT2D eigenvalue weighted by Gasteiger charge is 2.25. The van der Waals surface area contributed by atoms with E-state index in [0.29, 0.717) is 6.20 Å². The predicted octanol–water partition coefficient (Wildman–Crippen LogP) is 1.01. The number of pyridine rings is 1. The second-order valence-electron chi connectivity index (χ2n) is 2.19. The first-order valence-electron chi connectivity index (χ1n) is 3.09. The first-order chi connectivity index (χ1) is 5.54. The third-order valence-electron chi connectivity index (χ3n) is 1.27. The summed E-state index contributed by atoms with van der Waals surface area (Å²) in [4.78, 5) is 3.30. The van der Waals surface area contributed by atoms with Gasteiger partial charge in [0.2, 0.25) is 0 Å². The third kappa shape index (κ3) is 1.75. The lowest BCUT2D eigenvalue weighted by molar-refractivity contribution is 0.500. The van der Waals surface area contributed by atoms with Crippen LogP contribution in [0.3, 0.4) is 0 Å². The SMILES string of the molecule is N#Cc1cncc([B-](F)(F)F)c1. The molecule has 0 saturated carbocycles. The minimum atomic E-state index is -5.04. The number of nitriles is 1. The smallest absolute Gasteiger partial charge is 0.445 e. The third-order valence-corrected chi connectivity index (χ3v) is 1.27. The fourth-order valence-corrected chi connectivity index (χ4v) is 0.698. The summed E-state index contributed by atoms with van der Waals surface area (Å²) in [6, 6.07) is 2.37. The summed E-state index contributed by atoms with van der Waals surface area (Å²) >= 11 is 0. The van der Waals surface area contributed by atoms with Crippen LogP contribution in [0.25, 0.3) is 0 Å². The summed E-state index contributed by atoms with van der Waals surface area (Å²) in [6.07, 6.45) is 1.80. The summed E-state index contributed by atoms with van der Waals surface area (Å²) in [5, 5.41) is 8.28. The van der Waals surface area contributed by atoms with E-state index in [9.17, 15) is 12.9 Å². The molecule has 12 heavy (non-hydrogen) atoms. The van der Waals surface area contributed by atoms with Gasteiger partial charge in [0, 0.05) is 12.4 Å². The van der Waals surface area contributed by atoms with Crippen LogP contribution in [0.5, 0.6) is 0 Å². The Balaban J connectivity index is 3.13. The average molecular weight is 171 g/mol. The molecule has 1 aromatic heterocycles. The quantitative estimate of drug-likeness (QED) is 0.591. The van der Waals surface area contributed by atoms with Crippen LogP contribution >= 0.6 is 0 Å². The summed E-state index contributed by atoms with van der Waals surface area (Å²) in [7, 11) is 0. The standard InChI is InChI=1S/C6H3BF3N2/c8-7(9,10)6-1-5(2-11)3-12-4-6/h1,3-4H/q-1. The lowest BCUT2D eigenvalue weighted by Gasteiger charge is -2.13. The van der Waals surface area contributed by atoms with Gasteiger partial charge in [-0.3, -0.25) is 4.98 Å². The fourth-order valence-electron chi connectivity index (χ4n) is 0.698. The van der Waals surface area contributed by atoms with Gasteiger partial charge in [-0.25, -0.2) is 0 Å². The number of hydrogen-bond donors (Lipinski definition) is 0. The molecule has 0 bridgehead atoms. The maximum atomic E-state index is 12.0. The van der Waals surface area contributed by atoms with Crippen molar-refractivity contribution in [3.63, 3.8) is 0 Å². The second-order valence-corrected chi connectivity index (χ2v) is 2.19. The maximum Gasteiger partial charge on any atom is 0.511 e. The number of nitrogens with zero attached hydrogens (tertiary/aromatic N) is 2. The van der Waals surface area contributed by atoms with Crippen molar-refractivity contribution >= 4 is 12.4 Å². The molecule has 0 saturated heterocycles. The van der Waals surface area contributed by atoms with Gasteiger partial charge in [0.25, 0.3) is 0 Å². The zero-order chi connectivity index (χ0) is 9.19. The monoisotopic (exact) mass is 171 g/mol. The highest BCUT2D eigenvalue weighted by molar-refractivity contribution is 6.73. The molecule has 0 aliphatic carbocycles. The van der Waals surface area contributed by atoms with Gasteiger partial charge in [0.1, 0.15) is 6.07 Å². The Morgan fingerprint density at radius 1 is 1.33 bits per heavy atom. The van der Waals surface area contributed by atoms with Crippen molar-refractivity contribution in [3.05, 3.63) is 24.0 Å². The van der Waals surface area contributed by atoms with Gasteiger partial charge in [0.05, 0.1) is 5.56 Å². The van der Waals surface area contributed by atoms with Crippen molar-refractivity contribution in [2.75, 3.05) is 0 Å². The summed E-state index contributed by atoms with van der Waals surface area (Å²) in [5.74, 6) is 0. The molecule has 0 amide bonds. The van der Waals surface area contributed by atoms with Crippen LogP contribution in [0.1, 0.15) is 5.56 Å². The molecule has 0 aromatic carbocycles. The van der Waals surface area contributed by atoms with Gasteiger partial charge in [-0.1, -0.05) is 11.5 Å². The zero-order valence-electron chi connectivity index (χ0n) is 5.84. The van der Waals surface area contributed by atoms with E-state index in [4.69, 9.17) is 5.26 Å². The van der Waals surface area contributed by atoms with Gasteiger partial charge < -0.3 is 12.9 Å². The largest absolute Gasteiger partial charge is 0.511 e. The number of aromatic nitrogens is 1. The van der Waals surface area contributed by atoms with Gasteiger partial charge in [-0.2, -0.15) is 5.26 Å². The normalized spacial score (nSPS) is 10.8. The van der Waals surface area contributed by atoms with E-state index in [2.05, 4.69) is 4.98 Å². The minimum Gasteiger partial charge on any atom is -0.445 e. The molecule has 0 fully saturated rings. The van der Waals surface area contributed by atoms with Crippen LogP contribution < -0.4 is 5.46 Å². The molecule has 0 N–H and O–H groups in total. The highest BCUT2D eigenvalue weighted by atomic mass is 19.4. The first kappa shape index (κ1) is 8.59. The highest BCUT2D eigenvalue weighted by Crippen LogP contribution is 2.08. The first-order valence-corrected chi connectivity index (χ1v) is 3.09. The molecular weight excluding hydrogens is 168 g/mol. The van der Waals surface area contributed by atoms with Crippen molar-refractivity contribution in [3.8, 4) is 6.07 Å².